The Bertz CT molecular complexity index is 141. The van der Waals surface area contributed by atoms with Gasteiger partial charge in [0.1, 0.15) is 0 Å². The van der Waals surface area contributed by atoms with Crippen LogP contribution in [0.2, 0.25) is 0 Å². The fraction of sp³-hybridized carbons (Fsp3) is 0.667. The Kier molecular flexibility index (Phi) is 7.44. The number of ether oxygens (including phenoxy) is 2. The summed E-state index contributed by atoms with van der Waals surface area (Å²) in [6, 6.07) is 0. The van der Waals surface area contributed by atoms with Crippen molar-refractivity contribution in [2.45, 2.75) is 32.6 Å². The number of hydrogen-bond acceptors (Lipinski definition) is 3. The molecular formula is C9H16O3. The quantitative estimate of drug-likeness (QED) is 0.363. The molecule has 0 radical (unpaired) electrons. The maximum Gasteiger partial charge on any atom is 0.512 e. The van der Waals surface area contributed by atoms with E-state index in [1.807, 2.05) is 6.08 Å². The zero-order chi connectivity index (χ0) is 9.23. The SMILES string of the molecule is CCCCCC=COC(=O)OC. The van der Waals surface area contributed by atoms with Crippen molar-refractivity contribution in [3.63, 3.8) is 0 Å². The number of allylic oxidation sites excluding steroid dienone is 1. The lowest BCUT2D eigenvalue weighted by molar-refractivity contribution is 0.105. The van der Waals surface area contributed by atoms with Gasteiger partial charge in [0.15, 0.2) is 0 Å². The van der Waals surface area contributed by atoms with E-state index in [4.69, 9.17) is 0 Å². The van der Waals surface area contributed by atoms with Gasteiger partial charge in [0.25, 0.3) is 0 Å². The Morgan fingerprint density at radius 1 is 1.42 bits per heavy atom. The molecule has 12 heavy (non-hydrogen) atoms. The fourth-order valence-corrected chi connectivity index (χ4v) is 0.732. The Labute approximate surface area is 73.4 Å². The molecule has 0 aromatic heterocycles. The zero-order valence-corrected chi connectivity index (χ0v) is 7.71. The summed E-state index contributed by atoms with van der Waals surface area (Å²) in [7, 11) is 1.28. The number of rotatable bonds is 5. The maximum atomic E-state index is 10.4. The second-order valence-electron chi connectivity index (χ2n) is 2.44. The van der Waals surface area contributed by atoms with Crippen molar-refractivity contribution < 1.29 is 14.3 Å². The van der Waals surface area contributed by atoms with E-state index in [2.05, 4.69) is 16.4 Å². The van der Waals surface area contributed by atoms with E-state index in [0.717, 1.165) is 12.8 Å². The molecule has 0 bridgehead atoms. The summed E-state index contributed by atoms with van der Waals surface area (Å²) >= 11 is 0. The van der Waals surface area contributed by atoms with Crippen molar-refractivity contribution in [1.82, 2.24) is 0 Å². The number of methoxy groups -OCH3 is 1. The third-order valence-corrected chi connectivity index (χ3v) is 1.40. The minimum atomic E-state index is -0.665. The lowest BCUT2D eigenvalue weighted by Gasteiger charge is -1.94. The molecule has 0 aliphatic heterocycles. The van der Waals surface area contributed by atoms with Gasteiger partial charge >= 0.3 is 6.16 Å². The zero-order valence-electron chi connectivity index (χ0n) is 7.71. The molecule has 0 heterocycles. The molecule has 0 aromatic carbocycles. The van der Waals surface area contributed by atoms with Crippen LogP contribution in [0.5, 0.6) is 0 Å². The van der Waals surface area contributed by atoms with Crippen molar-refractivity contribution in [1.29, 1.82) is 0 Å². The number of hydrogen-bond donors (Lipinski definition) is 0. The Morgan fingerprint density at radius 3 is 2.75 bits per heavy atom. The van der Waals surface area contributed by atoms with E-state index in [1.165, 1.54) is 26.2 Å². The van der Waals surface area contributed by atoms with Crippen LogP contribution in [0.15, 0.2) is 12.3 Å². The molecule has 0 unspecified atom stereocenters. The number of carbonyl (C=O) groups excluding carboxylic acids is 1. The van der Waals surface area contributed by atoms with Crippen molar-refractivity contribution in [3.8, 4) is 0 Å². The Morgan fingerprint density at radius 2 is 2.17 bits per heavy atom. The number of carbonyl (C=O) groups is 1. The molecule has 0 N–H and O–H groups in total. The van der Waals surface area contributed by atoms with E-state index in [1.54, 1.807) is 0 Å². The van der Waals surface area contributed by atoms with Gasteiger partial charge in [-0.05, 0) is 18.9 Å². The predicted molar refractivity (Wildman–Crippen MR) is 46.8 cm³/mol. The summed E-state index contributed by atoms with van der Waals surface area (Å²) in [5, 5.41) is 0. The Balaban J connectivity index is 3.19. The second kappa shape index (κ2) is 8.11. The summed E-state index contributed by atoms with van der Waals surface area (Å²) < 4.78 is 8.80. The van der Waals surface area contributed by atoms with E-state index in [9.17, 15) is 4.79 Å². The van der Waals surface area contributed by atoms with Crippen LogP contribution in [0.25, 0.3) is 0 Å². The molecule has 0 aromatic rings. The van der Waals surface area contributed by atoms with Gasteiger partial charge in [-0.2, -0.15) is 0 Å². The van der Waals surface area contributed by atoms with Crippen molar-refractivity contribution in [2.24, 2.45) is 0 Å². The molecular weight excluding hydrogens is 156 g/mol. The fourth-order valence-electron chi connectivity index (χ4n) is 0.732. The van der Waals surface area contributed by atoms with Crippen molar-refractivity contribution in [2.75, 3.05) is 7.11 Å². The molecule has 0 aliphatic carbocycles. The first kappa shape index (κ1) is 11.0. The molecule has 0 atom stereocenters. The van der Waals surface area contributed by atoms with E-state index < -0.39 is 6.16 Å². The largest absolute Gasteiger partial charge is 0.512 e. The van der Waals surface area contributed by atoms with Crippen LogP contribution in [0.4, 0.5) is 4.79 Å². The smallest absolute Gasteiger partial charge is 0.437 e. The molecule has 70 valence electrons. The van der Waals surface area contributed by atoms with E-state index in [-0.39, 0.29) is 0 Å². The number of unbranched alkanes of at least 4 members (excludes halogenated alkanes) is 3. The van der Waals surface area contributed by atoms with Crippen molar-refractivity contribution in [3.05, 3.63) is 12.3 Å². The Hall–Kier alpha value is -0.990. The van der Waals surface area contributed by atoms with Crippen LogP contribution in [0.3, 0.4) is 0 Å². The first-order valence-electron chi connectivity index (χ1n) is 4.21. The highest BCUT2D eigenvalue weighted by atomic mass is 16.7. The minimum Gasteiger partial charge on any atom is -0.437 e. The van der Waals surface area contributed by atoms with Gasteiger partial charge in [-0.25, -0.2) is 4.79 Å². The minimum absolute atomic E-state index is 0.665. The van der Waals surface area contributed by atoms with Crippen LogP contribution in [0.1, 0.15) is 32.6 Å². The summed E-state index contributed by atoms with van der Waals surface area (Å²) in [6.45, 7) is 2.15. The normalized spacial score (nSPS) is 10.2. The average Bonchev–Trinajstić information content (AvgIpc) is 2.10. The summed E-state index contributed by atoms with van der Waals surface area (Å²) in [5.74, 6) is 0. The van der Waals surface area contributed by atoms with Crippen LogP contribution in [0, 0.1) is 0 Å². The first-order chi connectivity index (χ1) is 5.81. The van der Waals surface area contributed by atoms with Gasteiger partial charge in [0.05, 0.1) is 13.4 Å². The van der Waals surface area contributed by atoms with Crippen LogP contribution >= 0.6 is 0 Å². The van der Waals surface area contributed by atoms with Crippen LogP contribution < -0.4 is 0 Å². The molecule has 0 fully saturated rings. The van der Waals surface area contributed by atoms with Gasteiger partial charge in [-0.3, -0.25) is 0 Å². The highest BCUT2D eigenvalue weighted by molar-refractivity contribution is 5.60. The van der Waals surface area contributed by atoms with E-state index >= 15 is 0 Å². The highest BCUT2D eigenvalue weighted by Gasteiger charge is 1.93. The summed E-state index contributed by atoms with van der Waals surface area (Å²) in [4.78, 5) is 10.4. The molecule has 0 aliphatic rings. The van der Waals surface area contributed by atoms with Gasteiger partial charge in [0, 0.05) is 0 Å². The average molecular weight is 172 g/mol. The second-order valence-corrected chi connectivity index (χ2v) is 2.44. The first-order valence-corrected chi connectivity index (χ1v) is 4.21. The molecule has 3 nitrogen and oxygen atoms in total. The third-order valence-electron chi connectivity index (χ3n) is 1.40. The van der Waals surface area contributed by atoms with Gasteiger partial charge in [-0.15, -0.1) is 0 Å². The standard InChI is InChI=1S/C9H16O3/c1-3-4-5-6-7-8-12-9(10)11-2/h7-8H,3-6H2,1-2H3. The molecule has 3 heteroatoms. The maximum absolute atomic E-state index is 10.4. The highest BCUT2D eigenvalue weighted by Crippen LogP contribution is 1.99. The molecule has 0 saturated carbocycles. The van der Waals surface area contributed by atoms with Crippen LogP contribution in [-0.4, -0.2) is 13.3 Å². The van der Waals surface area contributed by atoms with Crippen molar-refractivity contribution >= 4 is 6.16 Å². The molecule has 0 rings (SSSR count). The lowest BCUT2D eigenvalue weighted by Crippen LogP contribution is -1.97. The summed E-state index contributed by atoms with van der Waals surface area (Å²) in [5.41, 5.74) is 0. The molecule has 0 amide bonds. The monoisotopic (exact) mass is 172 g/mol. The summed E-state index contributed by atoms with van der Waals surface area (Å²) in [6.07, 6.45) is 7.03. The van der Waals surface area contributed by atoms with Gasteiger partial charge in [-0.1, -0.05) is 19.8 Å². The third kappa shape index (κ3) is 7.12. The van der Waals surface area contributed by atoms with Crippen LogP contribution in [-0.2, 0) is 9.47 Å². The molecule has 0 spiro atoms. The van der Waals surface area contributed by atoms with Gasteiger partial charge in [0.2, 0.25) is 0 Å². The van der Waals surface area contributed by atoms with E-state index in [0.29, 0.717) is 0 Å². The molecule has 0 saturated heterocycles. The topological polar surface area (TPSA) is 35.5 Å². The lowest BCUT2D eigenvalue weighted by atomic mass is 10.2. The predicted octanol–water partition coefficient (Wildman–Crippen LogP) is 2.86. The van der Waals surface area contributed by atoms with Gasteiger partial charge < -0.3 is 9.47 Å².